The number of hydrogen-bond donors (Lipinski definition) is 1. The predicted octanol–water partition coefficient (Wildman–Crippen LogP) is 2.43. The highest BCUT2D eigenvalue weighted by molar-refractivity contribution is 5.62. The molecule has 2 rings (SSSR count). The first-order chi connectivity index (χ1) is 10.1. The monoisotopic (exact) mass is 294 g/mol. The van der Waals surface area contributed by atoms with E-state index in [-0.39, 0.29) is 22.8 Å². The van der Waals surface area contributed by atoms with Crippen LogP contribution in [0.5, 0.6) is 0 Å². The summed E-state index contributed by atoms with van der Waals surface area (Å²) in [5, 5.41) is 14.4. The van der Waals surface area contributed by atoms with Crippen molar-refractivity contribution >= 4 is 17.3 Å². The number of nitrogens with one attached hydrogen (secondary N) is 1. The molecular formula is C14H22N4O3. The normalized spacial score (nSPS) is 22.1. The Morgan fingerprint density at radius 1 is 1.52 bits per heavy atom. The maximum atomic E-state index is 11.3. The fourth-order valence-electron chi connectivity index (χ4n) is 2.52. The quantitative estimate of drug-likeness (QED) is 0.663. The second-order valence-corrected chi connectivity index (χ2v) is 5.19. The molecule has 0 aliphatic carbocycles. The van der Waals surface area contributed by atoms with Crippen molar-refractivity contribution in [3.63, 3.8) is 0 Å². The van der Waals surface area contributed by atoms with Crippen molar-refractivity contribution in [2.45, 2.75) is 39.3 Å². The minimum Gasteiger partial charge on any atom is -0.375 e. The number of anilines is 2. The van der Waals surface area contributed by atoms with E-state index >= 15 is 0 Å². The van der Waals surface area contributed by atoms with Gasteiger partial charge in [-0.3, -0.25) is 10.1 Å². The summed E-state index contributed by atoms with van der Waals surface area (Å²) in [4.78, 5) is 17.4. The van der Waals surface area contributed by atoms with Gasteiger partial charge in [-0.2, -0.15) is 0 Å². The van der Waals surface area contributed by atoms with Gasteiger partial charge in [-0.15, -0.1) is 0 Å². The van der Waals surface area contributed by atoms with Gasteiger partial charge in [-0.05, 0) is 26.3 Å². The number of pyridine rings is 1. The highest BCUT2D eigenvalue weighted by atomic mass is 16.6. The average molecular weight is 294 g/mol. The Labute approximate surface area is 124 Å². The number of morpholine rings is 1. The van der Waals surface area contributed by atoms with Gasteiger partial charge < -0.3 is 15.0 Å². The lowest BCUT2D eigenvalue weighted by atomic mass is 10.1. The molecule has 0 aromatic carbocycles. The number of rotatable bonds is 5. The molecule has 0 spiro atoms. The van der Waals surface area contributed by atoms with Crippen LogP contribution >= 0.6 is 0 Å². The molecule has 2 unspecified atom stereocenters. The van der Waals surface area contributed by atoms with Crippen LogP contribution in [0.4, 0.5) is 17.3 Å². The third-order valence-corrected chi connectivity index (χ3v) is 3.62. The summed E-state index contributed by atoms with van der Waals surface area (Å²) in [5.41, 5.74) is 0.0456. The van der Waals surface area contributed by atoms with Gasteiger partial charge in [-0.1, -0.05) is 6.92 Å². The highest BCUT2D eigenvalue weighted by Gasteiger charge is 2.31. The van der Waals surface area contributed by atoms with Crippen LogP contribution in [0.15, 0.2) is 12.1 Å². The Morgan fingerprint density at radius 2 is 2.29 bits per heavy atom. The van der Waals surface area contributed by atoms with Crippen molar-refractivity contribution in [3.05, 3.63) is 22.2 Å². The minimum atomic E-state index is -0.370. The molecule has 0 bridgehead atoms. The van der Waals surface area contributed by atoms with Crippen molar-refractivity contribution in [1.29, 1.82) is 0 Å². The zero-order valence-electron chi connectivity index (χ0n) is 12.7. The Hall–Kier alpha value is -1.89. The van der Waals surface area contributed by atoms with Gasteiger partial charge in [0.2, 0.25) is 5.82 Å². The van der Waals surface area contributed by atoms with Crippen molar-refractivity contribution in [2.24, 2.45) is 0 Å². The first kappa shape index (κ1) is 15.5. The lowest BCUT2D eigenvalue weighted by Crippen LogP contribution is -2.49. The lowest BCUT2D eigenvalue weighted by Gasteiger charge is -2.38. The Kier molecular flexibility index (Phi) is 4.95. The van der Waals surface area contributed by atoms with E-state index < -0.39 is 0 Å². The molecule has 1 aliphatic rings. The smallest absolute Gasteiger partial charge is 0.311 e. The summed E-state index contributed by atoms with van der Waals surface area (Å²) in [6.07, 6.45) is 0.897. The molecule has 1 aliphatic heterocycles. The van der Waals surface area contributed by atoms with E-state index in [9.17, 15) is 10.1 Å². The van der Waals surface area contributed by atoms with Crippen molar-refractivity contribution in [2.75, 3.05) is 29.9 Å². The standard InChI is InChI=1S/C14H22N4O3/c1-4-11-9-21-10(3)8-17(11)14-12(18(19)20)6-7-13(16-14)15-5-2/h6-7,10-11H,4-5,8-9H2,1-3H3,(H,15,16). The largest absolute Gasteiger partial charge is 0.375 e. The first-order valence-corrected chi connectivity index (χ1v) is 7.34. The topological polar surface area (TPSA) is 80.5 Å². The van der Waals surface area contributed by atoms with E-state index in [1.54, 1.807) is 6.07 Å². The molecule has 0 radical (unpaired) electrons. The second kappa shape index (κ2) is 6.71. The number of nitro groups is 1. The third kappa shape index (κ3) is 3.41. The Balaban J connectivity index is 2.42. The van der Waals surface area contributed by atoms with Crippen molar-refractivity contribution in [3.8, 4) is 0 Å². The number of ether oxygens (including phenoxy) is 1. The molecule has 2 heterocycles. The molecule has 0 saturated carbocycles. The van der Waals surface area contributed by atoms with Crippen molar-refractivity contribution < 1.29 is 9.66 Å². The molecule has 0 amide bonds. The number of hydrogen-bond acceptors (Lipinski definition) is 6. The summed E-state index contributed by atoms with van der Waals surface area (Å²) in [6.45, 7) is 7.90. The van der Waals surface area contributed by atoms with E-state index in [2.05, 4.69) is 17.2 Å². The number of nitrogens with zero attached hydrogens (tertiary/aromatic N) is 3. The maximum Gasteiger partial charge on any atom is 0.311 e. The van der Waals surface area contributed by atoms with Crippen molar-refractivity contribution in [1.82, 2.24) is 4.98 Å². The van der Waals surface area contributed by atoms with E-state index in [1.165, 1.54) is 6.07 Å². The van der Waals surface area contributed by atoms with E-state index in [0.717, 1.165) is 13.0 Å². The van der Waals surface area contributed by atoms with Gasteiger partial charge in [0.25, 0.3) is 0 Å². The zero-order chi connectivity index (χ0) is 15.4. The third-order valence-electron chi connectivity index (χ3n) is 3.62. The first-order valence-electron chi connectivity index (χ1n) is 7.34. The summed E-state index contributed by atoms with van der Waals surface area (Å²) >= 11 is 0. The second-order valence-electron chi connectivity index (χ2n) is 5.19. The zero-order valence-corrected chi connectivity index (χ0v) is 12.7. The molecule has 1 saturated heterocycles. The van der Waals surface area contributed by atoms with Gasteiger partial charge >= 0.3 is 5.69 Å². The SMILES string of the molecule is CCNc1ccc([N+](=O)[O-])c(N2CC(C)OCC2CC)n1. The number of aromatic nitrogens is 1. The molecule has 1 N–H and O–H groups in total. The lowest BCUT2D eigenvalue weighted by molar-refractivity contribution is -0.384. The Bertz CT molecular complexity index is 509. The van der Waals surface area contributed by atoms with Crippen LogP contribution in [0.1, 0.15) is 27.2 Å². The molecule has 1 aromatic heterocycles. The molecule has 116 valence electrons. The molecule has 7 nitrogen and oxygen atoms in total. The van der Waals surface area contributed by atoms with Crippen LogP contribution < -0.4 is 10.2 Å². The summed E-state index contributed by atoms with van der Waals surface area (Å²) in [6, 6.07) is 3.28. The maximum absolute atomic E-state index is 11.3. The summed E-state index contributed by atoms with van der Waals surface area (Å²) in [5.74, 6) is 1.09. The van der Waals surface area contributed by atoms with Crippen LogP contribution in [0.25, 0.3) is 0 Å². The van der Waals surface area contributed by atoms with Gasteiger partial charge in [0.1, 0.15) is 5.82 Å². The van der Waals surface area contributed by atoms with Crippen LogP contribution in [-0.4, -0.2) is 41.7 Å². The molecule has 1 fully saturated rings. The molecule has 21 heavy (non-hydrogen) atoms. The molecule has 2 atom stereocenters. The Morgan fingerprint density at radius 3 is 2.90 bits per heavy atom. The van der Waals surface area contributed by atoms with E-state index in [1.807, 2.05) is 18.7 Å². The summed E-state index contributed by atoms with van der Waals surface area (Å²) < 4.78 is 5.66. The van der Waals surface area contributed by atoms with Crippen LogP contribution in [0.2, 0.25) is 0 Å². The van der Waals surface area contributed by atoms with Gasteiger partial charge in [0.15, 0.2) is 0 Å². The predicted molar refractivity (Wildman–Crippen MR) is 81.9 cm³/mol. The molecule has 7 heteroatoms. The van der Waals surface area contributed by atoms with E-state index in [0.29, 0.717) is 24.8 Å². The van der Waals surface area contributed by atoms with Gasteiger partial charge in [-0.25, -0.2) is 4.98 Å². The van der Waals surface area contributed by atoms with Crippen LogP contribution in [-0.2, 0) is 4.74 Å². The fourth-order valence-corrected chi connectivity index (χ4v) is 2.52. The molecular weight excluding hydrogens is 272 g/mol. The minimum absolute atomic E-state index is 0.0389. The van der Waals surface area contributed by atoms with Crippen LogP contribution in [0, 0.1) is 10.1 Å². The van der Waals surface area contributed by atoms with E-state index in [4.69, 9.17) is 4.74 Å². The fraction of sp³-hybridized carbons (Fsp3) is 0.643. The summed E-state index contributed by atoms with van der Waals surface area (Å²) in [7, 11) is 0. The highest BCUT2D eigenvalue weighted by Crippen LogP contribution is 2.31. The molecule has 1 aromatic rings. The van der Waals surface area contributed by atoms with Crippen LogP contribution in [0.3, 0.4) is 0 Å². The van der Waals surface area contributed by atoms with Gasteiger partial charge in [0.05, 0.1) is 23.7 Å². The van der Waals surface area contributed by atoms with Gasteiger partial charge in [0, 0.05) is 19.2 Å². The average Bonchev–Trinajstić information content (AvgIpc) is 2.47.